The number of hydrogen-bond donors (Lipinski definition) is 2. The molecule has 0 bridgehead atoms. The zero-order valence-electron chi connectivity index (χ0n) is 12.5. The number of hydrogen-bond acceptors (Lipinski definition) is 4. The van der Waals surface area contributed by atoms with Gasteiger partial charge in [-0.15, -0.1) is 0 Å². The van der Waals surface area contributed by atoms with Gasteiger partial charge in [0.2, 0.25) is 0 Å². The van der Waals surface area contributed by atoms with Crippen LogP contribution in [0.2, 0.25) is 0 Å². The van der Waals surface area contributed by atoms with Crippen LogP contribution < -0.4 is 5.32 Å². The third-order valence-corrected chi connectivity index (χ3v) is 2.72. The Morgan fingerprint density at radius 1 is 1.00 bits per heavy atom. The van der Waals surface area contributed by atoms with E-state index in [0.29, 0.717) is 39.5 Å². The van der Waals surface area contributed by atoms with Crippen LogP contribution >= 0.6 is 0 Å². The molecule has 1 amide bonds. The summed E-state index contributed by atoms with van der Waals surface area (Å²) in [6.07, 6.45) is 4.62. The molecule has 21 heavy (non-hydrogen) atoms. The second-order valence-electron chi connectivity index (χ2n) is 4.53. The van der Waals surface area contributed by atoms with E-state index in [1.807, 2.05) is 0 Å². The Kier molecular flexibility index (Phi) is 15.4. The third-order valence-electron chi connectivity index (χ3n) is 2.72. The van der Waals surface area contributed by atoms with Crippen LogP contribution in [0.5, 0.6) is 0 Å². The molecular weight excluding hydrogens is 276 g/mol. The topological polar surface area (TPSA) is 117 Å². The van der Waals surface area contributed by atoms with E-state index in [0.717, 1.165) is 38.5 Å². The maximum absolute atomic E-state index is 10.2. The quantitative estimate of drug-likeness (QED) is 0.209. The first-order valence-corrected chi connectivity index (χ1v) is 7.40. The van der Waals surface area contributed by atoms with Gasteiger partial charge in [0.25, 0.3) is 0 Å². The average Bonchev–Trinajstić information content (AvgIpc) is 2.46. The molecule has 0 fully saturated rings. The molecule has 0 aromatic carbocycles. The van der Waals surface area contributed by atoms with Gasteiger partial charge in [-0.05, 0) is 37.6 Å². The Balaban J connectivity index is 2.99. The summed E-state index contributed by atoms with van der Waals surface area (Å²) in [6, 6.07) is 0. The zero-order valence-corrected chi connectivity index (χ0v) is 12.5. The van der Waals surface area contributed by atoms with Gasteiger partial charge >= 0.3 is 6.09 Å². The van der Waals surface area contributed by atoms with E-state index in [2.05, 4.69) is 15.3 Å². The Labute approximate surface area is 125 Å². The lowest BCUT2D eigenvalue weighted by atomic mass is 10.2. The number of carboxylic acid groups (broad SMARTS) is 1. The van der Waals surface area contributed by atoms with Crippen LogP contribution in [0.3, 0.4) is 0 Å². The van der Waals surface area contributed by atoms with Gasteiger partial charge in [0.15, 0.2) is 0 Å². The van der Waals surface area contributed by atoms with E-state index in [1.165, 1.54) is 0 Å². The number of rotatable bonds is 15. The molecule has 0 unspecified atom stereocenters. The monoisotopic (exact) mass is 302 g/mol. The first-order valence-electron chi connectivity index (χ1n) is 7.40. The molecule has 0 aliphatic heterocycles. The Morgan fingerprint density at radius 2 is 1.62 bits per heavy atom. The molecule has 0 aromatic rings. The number of nitrogens with one attached hydrogen (secondary N) is 1. The van der Waals surface area contributed by atoms with Gasteiger partial charge in [-0.3, -0.25) is 0 Å². The standard InChI is InChI=1S/C13H26N4O4/c14-17-16-8-4-2-6-10-21-12-11-20-9-5-1-3-7-15-13(18)19/h15H,1-12H2,(H,18,19). The fourth-order valence-electron chi connectivity index (χ4n) is 1.63. The number of ether oxygens (including phenoxy) is 2. The highest BCUT2D eigenvalue weighted by Crippen LogP contribution is 1.97. The van der Waals surface area contributed by atoms with E-state index >= 15 is 0 Å². The highest BCUT2D eigenvalue weighted by Gasteiger charge is 1.95. The molecule has 0 aliphatic rings. The van der Waals surface area contributed by atoms with Gasteiger partial charge < -0.3 is 19.9 Å². The number of amides is 1. The lowest BCUT2D eigenvalue weighted by Crippen LogP contribution is -2.21. The summed E-state index contributed by atoms with van der Waals surface area (Å²) < 4.78 is 10.8. The van der Waals surface area contributed by atoms with E-state index < -0.39 is 6.09 Å². The fourth-order valence-corrected chi connectivity index (χ4v) is 1.63. The largest absolute Gasteiger partial charge is 0.465 e. The highest BCUT2D eigenvalue weighted by atomic mass is 16.5. The molecule has 2 N–H and O–H groups in total. The first kappa shape index (κ1) is 19.5. The van der Waals surface area contributed by atoms with Crippen molar-refractivity contribution in [3.8, 4) is 0 Å². The summed E-state index contributed by atoms with van der Waals surface area (Å²) in [5.74, 6) is 0. The maximum atomic E-state index is 10.2. The molecule has 0 saturated carbocycles. The Hall–Kier alpha value is -1.50. The molecule has 0 heterocycles. The summed E-state index contributed by atoms with van der Waals surface area (Å²) in [7, 11) is 0. The predicted molar refractivity (Wildman–Crippen MR) is 79.4 cm³/mol. The Bertz CT molecular complexity index is 282. The summed E-state index contributed by atoms with van der Waals surface area (Å²) >= 11 is 0. The SMILES string of the molecule is [N-]=[N+]=NCCCCCOCCOCCCCCNC(=O)O. The minimum absolute atomic E-state index is 0.498. The molecule has 0 rings (SSSR count). The Morgan fingerprint density at radius 3 is 2.19 bits per heavy atom. The highest BCUT2D eigenvalue weighted by molar-refractivity contribution is 5.64. The molecule has 0 saturated heterocycles. The average molecular weight is 302 g/mol. The molecule has 0 spiro atoms. The van der Waals surface area contributed by atoms with Gasteiger partial charge in [0.1, 0.15) is 0 Å². The zero-order chi connectivity index (χ0) is 15.6. The predicted octanol–water partition coefficient (Wildman–Crippen LogP) is 2.94. The van der Waals surface area contributed by atoms with Gasteiger partial charge in [-0.25, -0.2) is 4.79 Å². The number of carbonyl (C=O) groups is 1. The van der Waals surface area contributed by atoms with Gasteiger partial charge in [0, 0.05) is 31.2 Å². The molecule has 0 radical (unpaired) electrons. The normalized spacial score (nSPS) is 10.1. The molecule has 0 aromatic heterocycles. The van der Waals surface area contributed by atoms with Gasteiger partial charge in [0.05, 0.1) is 13.2 Å². The second kappa shape index (κ2) is 16.6. The number of nitrogens with zero attached hydrogens (tertiary/aromatic N) is 3. The van der Waals surface area contributed by atoms with Crippen molar-refractivity contribution in [3.05, 3.63) is 10.4 Å². The van der Waals surface area contributed by atoms with Crippen LogP contribution in [0.25, 0.3) is 10.4 Å². The molecule has 0 atom stereocenters. The molecular formula is C13H26N4O4. The molecule has 122 valence electrons. The minimum atomic E-state index is -0.971. The van der Waals surface area contributed by atoms with Crippen molar-refractivity contribution < 1.29 is 19.4 Å². The van der Waals surface area contributed by atoms with Crippen LogP contribution in [0, 0.1) is 0 Å². The molecule has 8 heteroatoms. The lowest BCUT2D eigenvalue weighted by molar-refractivity contribution is 0.0449. The summed E-state index contributed by atoms with van der Waals surface area (Å²) in [5, 5.41) is 14.1. The summed E-state index contributed by atoms with van der Waals surface area (Å²) in [5.41, 5.74) is 8.09. The van der Waals surface area contributed by atoms with Crippen LogP contribution in [0.15, 0.2) is 5.11 Å². The second-order valence-corrected chi connectivity index (χ2v) is 4.53. The fraction of sp³-hybridized carbons (Fsp3) is 0.923. The third kappa shape index (κ3) is 18.5. The minimum Gasteiger partial charge on any atom is -0.465 e. The smallest absolute Gasteiger partial charge is 0.404 e. The van der Waals surface area contributed by atoms with Gasteiger partial charge in [-0.1, -0.05) is 11.5 Å². The number of azide groups is 1. The lowest BCUT2D eigenvalue weighted by Gasteiger charge is -2.06. The van der Waals surface area contributed by atoms with Crippen molar-refractivity contribution in [2.24, 2.45) is 5.11 Å². The van der Waals surface area contributed by atoms with Crippen LogP contribution in [-0.4, -0.2) is 50.7 Å². The van der Waals surface area contributed by atoms with Crippen molar-refractivity contribution in [2.45, 2.75) is 38.5 Å². The number of unbranched alkanes of at least 4 members (excludes halogenated alkanes) is 4. The van der Waals surface area contributed by atoms with Crippen LogP contribution in [0.4, 0.5) is 4.79 Å². The summed E-state index contributed by atoms with van der Waals surface area (Å²) in [6.45, 7) is 3.63. The maximum Gasteiger partial charge on any atom is 0.404 e. The van der Waals surface area contributed by atoms with Crippen molar-refractivity contribution >= 4 is 6.09 Å². The van der Waals surface area contributed by atoms with Crippen molar-refractivity contribution in [3.63, 3.8) is 0 Å². The van der Waals surface area contributed by atoms with Crippen molar-refractivity contribution in [1.82, 2.24) is 5.32 Å². The first-order chi connectivity index (χ1) is 10.3. The van der Waals surface area contributed by atoms with Crippen LogP contribution in [0.1, 0.15) is 38.5 Å². The van der Waals surface area contributed by atoms with E-state index in [9.17, 15) is 4.79 Å². The van der Waals surface area contributed by atoms with E-state index in [-0.39, 0.29) is 0 Å². The molecule has 0 aliphatic carbocycles. The van der Waals surface area contributed by atoms with E-state index in [1.54, 1.807) is 0 Å². The van der Waals surface area contributed by atoms with Gasteiger partial charge in [-0.2, -0.15) is 0 Å². The molecule has 8 nitrogen and oxygen atoms in total. The van der Waals surface area contributed by atoms with Crippen molar-refractivity contribution in [2.75, 3.05) is 39.5 Å². The van der Waals surface area contributed by atoms with E-state index in [4.69, 9.17) is 20.1 Å². The summed E-state index contributed by atoms with van der Waals surface area (Å²) in [4.78, 5) is 12.9. The van der Waals surface area contributed by atoms with Crippen molar-refractivity contribution in [1.29, 1.82) is 0 Å². The van der Waals surface area contributed by atoms with Crippen LogP contribution in [-0.2, 0) is 9.47 Å².